The van der Waals surface area contributed by atoms with Gasteiger partial charge in [-0.3, -0.25) is 4.79 Å². The van der Waals surface area contributed by atoms with Crippen LogP contribution in [0, 0.1) is 0 Å². The predicted molar refractivity (Wildman–Crippen MR) is 56.7 cm³/mol. The van der Waals surface area contributed by atoms with E-state index in [9.17, 15) is 18.4 Å². The smallest absolute Gasteiger partial charge is 0.379 e. The molecule has 98 valence electrons. The molecular weight excluding hydrogens is 248 g/mol. The van der Waals surface area contributed by atoms with Crippen LogP contribution in [0.1, 0.15) is 17.3 Å². The molecule has 0 aromatic carbocycles. The molecule has 7 heteroatoms. The summed E-state index contributed by atoms with van der Waals surface area (Å²) in [6, 6.07) is 2.49. The summed E-state index contributed by atoms with van der Waals surface area (Å²) < 4.78 is 32.8. The summed E-state index contributed by atoms with van der Waals surface area (Å²) in [4.78, 5) is 26.2. The Kier molecular flexibility index (Phi) is 5.16. The summed E-state index contributed by atoms with van der Waals surface area (Å²) in [7, 11) is 0. The molecule has 0 saturated carbocycles. The van der Waals surface area contributed by atoms with Gasteiger partial charge in [-0.1, -0.05) is 0 Å². The summed E-state index contributed by atoms with van der Waals surface area (Å²) in [6.45, 7) is 0.885. The fraction of sp³-hybridized carbons (Fsp3) is 0.364. The molecule has 0 unspecified atom stereocenters. The molecule has 18 heavy (non-hydrogen) atoms. The van der Waals surface area contributed by atoms with Gasteiger partial charge in [-0.05, 0) is 13.0 Å². The SMILES string of the molecule is CCOC(=O)C(=O)c1ccc(OCC(F)F)nc1. The van der Waals surface area contributed by atoms with Gasteiger partial charge in [-0.2, -0.15) is 0 Å². The van der Waals surface area contributed by atoms with Gasteiger partial charge in [-0.15, -0.1) is 0 Å². The van der Waals surface area contributed by atoms with Crippen molar-refractivity contribution in [3.63, 3.8) is 0 Å². The van der Waals surface area contributed by atoms with Crippen LogP contribution in [0.5, 0.6) is 5.88 Å². The average Bonchev–Trinajstić information content (AvgIpc) is 2.36. The molecule has 0 atom stereocenters. The van der Waals surface area contributed by atoms with E-state index in [0.29, 0.717) is 0 Å². The fourth-order valence-corrected chi connectivity index (χ4v) is 1.06. The van der Waals surface area contributed by atoms with E-state index in [1.165, 1.54) is 12.1 Å². The first-order chi connectivity index (χ1) is 8.54. The molecule has 1 aromatic rings. The summed E-state index contributed by atoms with van der Waals surface area (Å²) in [5.74, 6) is -1.87. The zero-order chi connectivity index (χ0) is 13.5. The Morgan fingerprint density at radius 2 is 2.11 bits per heavy atom. The lowest BCUT2D eigenvalue weighted by molar-refractivity contribution is -0.137. The summed E-state index contributed by atoms with van der Waals surface area (Å²) >= 11 is 0. The number of alkyl halides is 2. The summed E-state index contributed by atoms with van der Waals surface area (Å²) in [6.07, 6.45) is -1.53. The standard InChI is InChI=1S/C11H11F2NO4/c1-2-17-11(16)10(15)7-3-4-9(14-5-7)18-6-8(12)13/h3-5,8H,2,6H2,1H3. The number of nitrogens with zero attached hydrogens (tertiary/aromatic N) is 1. The maximum atomic E-state index is 11.9. The quantitative estimate of drug-likeness (QED) is 0.439. The third-order valence-corrected chi connectivity index (χ3v) is 1.82. The topological polar surface area (TPSA) is 65.5 Å². The molecule has 0 aliphatic rings. The zero-order valence-electron chi connectivity index (χ0n) is 9.56. The van der Waals surface area contributed by atoms with E-state index in [2.05, 4.69) is 14.5 Å². The van der Waals surface area contributed by atoms with E-state index in [1.54, 1.807) is 6.92 Å². The molecule has 0 radical (unpaired) electrons. The number of hydrogen-bond acceptors (Lipinski definition) is 5. The van der Waals surface area contributed by atoms with Gasteiger partial charge < -0.3 is 9.47 Å². The Morgan fingerprint density at radius 1 is 1.39 bits per heavy atom. The van der Waals surface area contributed by atoms with Crippen molar-refractivity contribution in [1.82, 2.24) is 4.98 Å². The van der Waals surface area contributed by atoms with Crippen LogP contribution in [-0.4, -0.2) is 36.4 Å². The number of hydrogen-bond donors (Lipinski definition) is 0. The maximum absolute atomic E-state index is 11.9. The van der Waals surface area contributed by atoms with Crippen molar-refractivity contribution in [1.29, 1.82) is 0 Å². The molecule has 1 heterocycles. The van der Waals surface area contributed by atoms with Crippen LogP contribution in [-0.2, 0) is 9.53 Å². The van der Waals surface area contributed by atoms with Gasteiger partial charge in [0.2, 0.25) is 5.88 Å². The highest BCUT2D eigenvalue weighted by atomic mass is 19.3. The first-order valence-electron chi connectivity index (χ1n) is 5.13. The van der Waals surface area contributed by atoms with Crippen LogP contribution in [0.2, 0.25) is 0 Å². The van der Waals surface area contributed by atoms with Crippen molar-refractivity contribution in [2.45, 2.75) is 13.3 Å². The number of rotatable bonds is 6. The highest BCUT2D eigenvalue weighted by Crippen LogP contribution is 2.09. The van der Waals surface area contributed by atoms with Gasteiger partial charge in [0, 0.05) is 17.8 Å². The lowest BCUT2D eigenvalue weighted by Gasteiger charge is -2.04. The van der Waals surface area contributed by atoms with Crippen molar-refractivity contribution in [3.8, 4) is 5.88 Å². The number of ether oxygens (including phenoxy) is 2. The number of Topliss-reactive ketones (excluding diaryl/α,β-unsaturated/α-hetero) is 1. The van der Waals surface area contributed by atoms with Crippen molar-refractivity contribution < 1.29 is 27.8 Å². The van der Waals surface area contributed by atoms with E-state index in [-0.39, 0.29) is 18.1 Å². The fourth-order valence-electron chi connectivity index (χ4n) is 1.06. The second kappa shape index (κ2) is 6.63. The molecule has 5 nitrogen and oxygen atoms in total. The molecule has 0 aliphatic carbocycles. The normalized spacial score (nSPS) is 10.2. The highest BCUT2D eigenvalue weighted by molar-refractivity contribution is 6.40. The minimum absolute atomic E-state index is 0.0119. The largest absolute Gasteiger partial charge is 0.472 e. The number of carbonyl (C=O) groups excluding carboxylic acids is 2. The minimum atomic E-state index is -2.60. The van der Waals surface area contributed by atoms with Crippen molar-refractivity contribution >= 4 is 11.8 Å². The number of aromatic nitrogens is 1. The minimum Gasteiger partial charge on any atom is -0.472 e. The van der Waals surface area contributed by atoms with E-state index < -0.39 is 24.8 Å². The number of esters is 1. The third kappa shape index (κ3) is 4.08. The zero-order valence-corrected chi connectivity index (χ0v) is 9.56. The molecule has 0 aliphatic heterocycles. The van der Waals surface area contributed by atoms with Gasteiger partial charge in [0.15, 0.2) is 6.61 Å². The Labute approximate surface area is 102 Å². The van der Waals surface area contributed by atoms with Crippen molar-refractivity contribution in [2.75, 3.05) is 13.2 Å². The molecule has 0 spiro atoms. The van der Waals surface area contributed by atoms with Gasteiger partial charge in [0.25, 0.3) is 12.2 Å². The van der Waals surface area contributed by atoms with Crippen LogP contribution in [0.15, 0.2) is 18.3 Å². The van der Waals surface area contributed by atoms with Gasteiger partial charge in [-0.25, -0.2) is 18.6 Å². The molecular formula is C11H11F2NO4. The van der Waals surface area contributed by atoms with Crippen LogP contribution in [0.25, 0.3) is 0 Å². The molecule has 1 rings (SSSR count). The van der Waals surface area contributed by atoms with E-state index >= 15 is 0 Å². The Balaban J connectivity index is 2.65. The van der Waals surface area contributed by atoms with Crippen LogP contribution >= 0.6 is 0 Å². The summed E-state index contributed by atoms with van der Waals surface area (Å²) in [5.41, 5.74) is 0.0119. The number of carbonyl (C=O) groups is 2. The number of ketones is 1. The Bertz CT molecular complexity index is 420. The second-order valence-corrected chi connectivity index (χ2v) is 3.14. The lowest BCUT2D eigenvalue weighted by atomic mass is 10.2. The van der Waals surface area contributed by atoms with Gasteiger partial charge in [0.05, 0.1) is 6.61 Å². The first kappa shape index (κ1) is 14.0. The molecule has 0 bridgehead atoms. The molecule has 0 N–H and O–H groups in total. The predicted octanol–water partition coefficient (Wildman–Crippen LogP) is 1.47. The molecule has 1 aromatic heterocycles. The van der Waals surface area contributed by atoms with Gasteiger partial charge >= 0.3 is 5.97 Å². The lowest BCUT2D eigenvalue weighted by Crippen LogP contribution is -2.17. The average molecular weight is 259 g/mol. The van der Waals surface area contributed by atoms with Crippen molar-refractivity contribution in [3.05, 3.63) is 23.9 Å². The molecule has 0 saturated heterocycles. The van der Waals surface area contributed by atoms with Crippen molar-refractivity contribution in [2.24, 2.45) is 0 Å². The number of pyridine rings is 1. The first-order valence-corrected chi connectivity index (χ1v) is 5.13. The monoisotopic (exact) mass is 259 g/mol. The molecule has 0 amide bonds. The summed E-state index contributed by atoms with van der Waals surface area (Å²) in [5, 5.41) is 0. The van der Waals surface area contributed by atoms with E-state index in [4.69, 9.17) is 0 Å². The second-order valence-electron chi connectivity index (χ2n) is 3.14. The Hall–Kier alpha value is -2.05. The maximum Gasteiger partial charge on any atom is 0.379 e. The van der Waals surface area contributed by atoms with E-state index in [1.807, 2.05) is 0 Å². The third-order valence-electron chi connectivity index (χ3n) is 1.82. The Morgan fingerprint density at radius 3 is 2.61 bits per heavy atom. The van der Waals surface area contributed by atoms with Crippen LogP contribution in [0.4, 0.5) is 8.78 Å². The van der Waals surface area contributed by atoms with Crippen LogP contribution in [0.3, 0.4) is 0 Å². The van der Waals surface area contributed by atoms with Crippen LogP contribution < -0.4 is 4.74 Å². The molecule has 0 fully saturated rings. The van der Waals surface area contributed by atoms with E-state index in [0.717, 1.165) is 6.20 Å². The number of halogens is 2. The highest BCUT2D eigenvalue weighted by Gasteiger charge is 2.17. The van der Waals surface area contributed by atoms with Gasteiger partial charge in [0.1, 0.15) is 0 Å².